The van der Waals surface area contributed by atoms with Crippen molar-refractivity contribution in [3.8, 4) is 0 Å². The fourth-order valence-electron chi connectivity index (χ4n) is 3.97. The molecule has 0 spiro atoms. The molecule has 2 aromatic rings. The molecule has 3 heterocycles. The zero-order valence-corrected chi connectivity index (χ0v) is 15.9. The third-order valence-corrected chi connectivity index (χ3v) is 7.26. The van der Waals surface area contributed by atoms with Gasteiger partial charge < -0.3 is 10.6 Å². The Labute approximate surface area is 153 Å². The number of carbonyl (C=O) groups excluding carboxylic acids is 1. The number of rotatable bonds is 3. The SMILES string of the molecule is CCC(C)(C)[C@@H]1CCc2c(sc3c2C(=O)N[C@@H](c2cccnc2)N3)C1. The molecule has 2 N–H and O–H groups in total. The van der Waals surface area contributed by atoms with E-state index >= 15 is 0 Å². The highest BCUT2D eigenvalue weighted by Gasteiger charge is 2.37. The monoisotopic (exact) mass is 355 g/mol. The Morgan fingerprint density at radius 1 is 1.36 bits per heavy atom. The van der Waals surface area contributed by atoms with Gasteiger partial charge in [-0.1, -0.05) is 33.3 Å². The second kappa shape index (κ2) is 6.13. The maximum atomic E-state index is 12.8. The number of pyridine rings is 1. The van der Waals surface area contributed by atoms with Crippen LogP contribution in [0, 0.1) is 11.3 Å². The molecule has 4 nitrogen and oxygen atoms in total. The molecule has 4 rings (SSSR count). The fourth-order valence-corrected chi connectivity index (χ4v) is 5.32. The van der Waals surface area contributed by atoms with E-state index in [-0.39, 0.29) is 12.1 Å². The third kappa shape index (κ3) is 2.84. The van der Waals surface area contributed by atoms with Crippen LogP contribution in [-0.4, -0.2) is 10.9 Å². The van der Waals surface area contributed by atoms with Crippen LogP contribution in [0.5, 0.6) is 0 Å². The standard InChI is InChI=1S/C20H25N3OS/c1-4-20(2,3)13-7-8-14-15(10-13)25-19-16(14)18(24)22-17(23-19)12-6-5-9-21-11-12/h5-6,9,11,13,17,23H,4,7-8,10H2,1-3H3,(H,22,24)/t13-,17-/m1/s1. The van der Waals surface area contributed by atoms with E-state index in [4.69, 9.17) is 0 Å². The number of hydrogen-bond donors (Lipinski definition) is 2. The molecule has 0 saturated heterocycles. The predicted octanol–water partition coefficient (Wildman–Crippen LogP) is 4.54. The number of thiophene rings is 1. The minimum Gasteiger partial charge on any atom is -0.353 e. The highest BCUT2D eigenvalue weighted by molar-refractivity contribution is 7.16. The van der Waals surface area contributed by atoms with E-state index in [1.54, 1.807) is 23.7 Å². The maximum absolute atomic E-state index is 12.8. The Balaban J connectivity index is 1.64. The average molecular weight is 356 g/mol. The van der Waals surface area contributed by atoms with E-state index in [2.05, 4.69) is 36.4 Å². The summed E-state index contributed by atoms with van der Waals surface area (Å²) in [6.45, 7) is 7.03. The van der Waals surface area contributed by atoms with E-state index in [0.29, 0.717) is 11.3 Å². The first kappa shape index (κ1) is 16.6. The van der Waals surface area contributed by atoms with Crippen LogP contribution in [0.3, 0.4) is 0 Å². The molecule has 1 amide bonds. The number of nitrogens with zero attached hydrogens (tertiary/aromatic N) is 1. The number of anilines is 1. The van der Waals surface area contributed by atoms with Crippen molar-refractivity contribution >= 4 is 22.2 Å². The van der Waals surface area contributed by atoms with Gasteiger partial charge in [0.2, 0.25) is 0 Å². The molecular formula is C20H25N3OS. The summed E-state index contributed by atoms with van der Waals surface area (Å²) in [6.07, 6.45) is 7.84. The van der Waals surface area contributed by atoms with Gasteiger partial charge in [-0.25, -0.2) is 0 Å². The summed E-state index contributed by atoms with van der Waals surface area (Å²) in [5.41, 5.74) is 3.50. The van der Waals surface area contributed by atoms with Crippen molar-refractivity contribution < 1.29 is 4.79 Å². The first-order chi connectivity index (χ1) is 12.0. The van der Waals surface area contributed by atoms with Gasteiger partial charge >= 0.3 is 0 Å². The van der Waals surface area contributed by atoms with Crippen molar-refractivity contribution in [1.82, 2.24) is 10.3 Å². The van der Waals surface area contributed by atoms with Crippen molar-refractivity contribution in [3.05, 3.63) is 46.1 Å². The van der Waals surface area contributed by atoms with Crippen LogP contribution in [0.25, 0.3) is 0 Å². The van der Waals surface area contributed by atoms with Gasteiger partial charge in [0, 0.05) is 22.8 Å². The lowest BCUT2D eigenvalue weighted by atomic mass is 9.69. The fraction of sp³-hybridized carbons (Fsp3) is 0.500. The molecule has 0 aromatic carbocycles. The van der Waals surface area contributed by atoms with E-state index in [0.717, 1.165) is 29.0 Å². The first-order valence-electron chi connectivity index (χ1n) is 9.11. The quantitative estimate of drug-likeness (QED) is 0.850. The Kier molecular flexibility index (Phi) is 4.07. The molecule has 0 fully saturated rings. The molecule has 2 atom stereocenters. The molecule has 132 valence electrons. The van der Waals surface area contributed by atoms with Gasteiger partial charge in [0.15, 0.2) is 0 Å². The van der Waals surface area contributed by atoms with Gasteiger partial charge in [-0.05, 0) is 42.2 Å². The molecule has 0 radical (unpaired) electrons. The Bertz CT molecular complexity index is 797. The zero-order valence-electron chi connectivity index (χ0n) is 15.1. The second-order valence-corrected chi connectivity index (χ2v) is 8.93. The van der Waals surface area contributed by atoms with Crippen LogP contribution in [0.15, 0.2) is 24.5 Å². The van der Waals surface area contributed by atoms with E-state index in [1.807, 2.05) is 12.1 Å². The molecule has 2 aromatic heterocycles. The van der Waals surface area contributed by atoms with Crippen LogP contribution >= 0.6 is 11.3 Å². The molecule has 2 aliphatic rings. The van der Waals surface area contributed by atoms with Gasteiger partial charge in [0.1, 0.15) is 11.2 Å². The van der Waals surface area contributed by atoms with Crippen LogP contribution in [0.1, 0.15) is 66.1 Å². The van der Waals surface area contributed by atoms with Gasteiger partial charge in [0.05, 0.1) is 5.56 Å². The van der Waals surface area contributed by atoms with Crippen LogP contribution < -0.4 is 10.6 Å². The number of hydrogen-bond acceptors (Lipinski definition) is 4. The lowest BCUT2D eigenvalue weighted by Crippen LogP contribution is -2.38. The Hall–Kier alpha value is -1.88. The average Bonchev–Trinajstić information content (AvgIpc) is 3.00. The lowest BCUT2D eigenvalue weighted by Gasteiger charge is -2.36. The van der Waals surface area contributed by atoms with Crippen LogP contribution in [0.2, 0.25) is 0 Å². The van der Waals surface area contributed by atoms with Gasteiger partial charge in [-0.2, -0.15) is 0 Å². The third-order valence-electron chi connectivity index (χ3n) is 6.08. The summed E-state index contributed by atoms with van der Waals surface area (Å²) in [5.74, 6) is 0.746. The normalized spacial score (nSPS) is 22.6. The second-order valence-electron chi connectivity index (χ2n) is 7.83. The van der Waals surface area contributed by atoms with Crippen molar-refractivity contribution in [1.29, 1.82) is 0 Å². The number of carbonyl (C=O) groups is 1. The highest BCUT2D eigenvalue weighted by atomic mass is 32.1. The molecule has 1 aliphatic heterocycles. The van der Waals surface area contributed by atoms with Crippen LogP contribution in [-0.2, 0) is 12.8 Å². The summed E-state index contributed by atoms with van der Waals surface area (Å²) < 4.78 is 0. The number of nitrogens with one attached hydrogen (secondary N) is 2. The van der Waals surface area contributed by atoms with Gasteiger partial charge in [-0.15, -0.1) is 11.3 Å². The van der Waals surface area contributed by atoms with Crippen molar-refractivity contribution in [3.63, 3.8) is 0 Å². The molecule has 25 heavy (non-hydrogen) atoms. The van der Waals surface area contributed by atoms with Gasteiger partial charge in [0.25, 0.3) is 5.91 Å². The van der Waals surface area contributed by atoms with Crippen LogP contribution in [0.4, 0.5) is 5.00 Å². The number of amides is 1. The summed E-state index contributed by atoms with van der Waals surface area (Å²) >= 11 is 1.78. The zero-order chi connectivity index (χ0) is 17.6. The maximum Gasteiger partial charge on any atom is 0.256 e. The predicted molar refractivity (Wildman–Crippen MR) is 102 cm³/mol. The van der Waals surface area contributed by atoms with Crippen molar-refractivity contribution in [2.24, 2.45) is 11.3 Å². The summed E-state index contributed by atoms with van der Waals surface area (Å²) in [7, 11) is 0. The molecule has 1 aliphatic carbocycles. The molecule has 0 bridgehead atoms. The van der Waals surface area contributed by atoms with E-state index in [9.17, 15) is 4.79 Å². The molecule has 5 heteroatoms. The Morgan fingerprint density at radius 2 is 2.20 bits per heavy atom. The smallest absolute Gasteiger partial charge is 0.256 e. The summed E-state index contributed by atoms with van der Waals surface area (Å²) in [5, 5.41) is 7.63. The van der Waals surface area contributed by atoms with Crippen molar-refractivity contribution in [2.45, 2.75) is 52.6 Å². The topological polar surface area (TPSA) is 54.0 Å². The Morgan fingerprint density at radius 3 is 2.92 bits per heavy atom. The van der Waals surface area contributed by atoms with E-state index < -0.39 is 0 Å². The summed E-state index contributed by atoms with van der Waals surface area (Å²) in [6, 6.07) is 3.89. The minimum absolute atomic E-state index is 0.0494. The molecule has 0 saturated carbocycles. The molecule has 0 unspecified atom stereocenters. The highest BCUT2D eigenvalue weighted by Crippen LogP contribution is 2.46. The minimum atomic E-state index is -0.198. The van der Waals surface area contributed by atoms with Gasteiger partial charge in [-0.3, -0.25) is 9.78 Å². The largest absolute Gasteiger partial charge is 0.353 e. The van der Waals surface area contributed by atoms with Crippen molar-refractivity contribution in [2.75, 3.05) is 5.32 Å². The number of aromatic nitrogens is 1. The first-order valence-corrected chi connectivity index (χ1v) is 9.93. The molecular weight excluding hydrogens is 330 g/mol. The lowest BCUT2D eigenvalue weighted by molar-refractivity contribution is 0.0934. The summed E-state index contributed by atoms with van der Waals surface area (Å²) in [4.78, 5) is 18.3. The number of fused-ring (bicyclic) bond motifs is 3. The van der Waals surface area contributed by atoms with E-state index in [1.165, 1.54) is 23.3 Å².